The number of nitrogens with one attached hydrogen (secondary N) is 3. The lowest BCUT2D eigenvalue weighted by Crippen LogP contribution is -2.49. The summed E-state index contributed by atoms with van der Waals surface area (Å²) in [5, 5.41) is 14.7. The van der Waals surface area contributed by atoms with Gasteiger partial charge >= 0.3 is 0 Å². The number of ether oxygens (including phenoxy) is 2. The summed E-state index contributed by atoms with van der Waals surface area (Å²) < 4.78 is 26.1. The van der Waals surface area contributed by atoms with Crippen LogP contribution in [0.5, 0.6) is 0 Å². The normalized spacial score (nSPS) is 17.4. The molecule has 2 saturated heterocycles. The Morgan fingerprint density at radius 2 is 1.86 bits per heavy atom. The molecule has 3 amide bonds. The lowest BCUT2D eigenvalue weighted by molar-refractivity contribution is -0.152. The fourth-order valence-corrected chi connectivity index (χ4v) is 6.21. The zero-order chi connectivity index (χ0) is 29.9. The van der Waals surface area contributed by atoms with E-state index >= 15 is 0 Å². The number of carbonyl (C=O) groups excluding carboxylic acids is 3. The molecule has 5 N–H and O–H groups in total. The molecule has 1 unspecified atom stereocenters. The Morgan fingerprint density at radius 1 is 1.12 bits per heavy atom. The average molecular weight is 612 g/mol. The van der Waals surface area contributed by atoms with Crippen LogP contribution in [0.1, 0.15) is 27.2 Å². The number of amides is 3. The minimum Gasteiger partial charge on any atom is -0.384 e. The van der Waals surface area contributed by atoms with Crippen molar-refractivity contribution in [3.8, 4) is 11.1 Å². The number of benzene rings is 2. The van der Waals surface area contributed by atoms with E-state index in [-0.39, 0.29) is 43.6 Å². The van der Waals surface area contributed by atoms with E-state index in [0.717, 1.165) is 9.77 Å². The number of hydrogen-bond acceptors (Lipinski definition) is 8. The van der Waals surface area contributed by atoms with Gasteiger partial charge in [-0.2, -0.15) is 0 Å². The molecule has 13 heteroatoms. The highest BCUT2D eigenvalue weighted by Crippen LogP contribution is 2.35. The van der Waals surface area contributed by atoms with Crippen LogP contribution in [0.4, 0.5) is 4.39 Å². The van der Waals surface area contributed by atoms with Gasteiger partial charge in [0, 0.05) is 38.3 Å². The van der Waals surface area contributed by atoms with Crippen LogP contribution in [0.3, 0.4) is 0 Å². The molecule has 0 radical (unpaired) electrons. The summed E-state index contributed by atoms with van der Waals surface area (Å²) in [5.74, 6) is -2.78. The standard InChI is InChI=1S/C29H30FN5O5S2/c1-41-20-6-7-22(23(30)11-20)17-2-4-18(5-3-17)27(37)34-14-25(36)35-16-29(39-8-9-40-29)12-24(35)28(38)33-13-21-10-19(15-42-21)26(31)32/h2-7,10-11,15,24H,8-9,12-14,16H2,1H3,(H3,31,32)(H,33,38)(H,34,37). The number of nitrogen functional groups attached to an aromatic ring is 1. The van der Waals surface area contributed by atoms with E-state index in [1.807, 2.05) is 12.3 Å². The van der Waals surface area contributed by atoms with Gasteiger partial charge in [0.25, 0.3) is 5.91 Å². The molecule has 0 saturated carbocycles. The maximum atomic E-state index is 14.5. The number of thiophene rings is 1. The van der Waals surface area contributed by atoms with Crippen LogP contribution in [-0.2, 0) is 25.6 Å². The van der Waals surface area contributed by atoms with E-state index in [1.54, 1.807) is 41.8 Å². The first-order valence-corrected chi connectivity index (χ1v) is 15.3. The SMILES string of the molecule is CSc1ccc(-c2ccc(C(=O)NCC(=O)N3CC4(CC3C(=O)NCc3cc(C(=N)N)cs3)OCCO4)cc2)c(F)c1. The van der Waals surface area contributed by atoms with Gasteiger partial charge in [0.15, 0.2) is 5.79 Å². The molecule has 3 aromatic rings. The van der Waals surface area contributed by atoms with Gasteiger partial charge in [0.05, 0.1) is 32.8 Å². The molecule has 1 atom stereocenters. The first kappa shape index (κ1) is 29.7. The maximum absolute atomic E-state index is 14.5. The summed E-state index contributed by atoms with van der Waals surface area (Å²) in [6.45, 7) is 0.652. The molecule has 2 aliphatic heterocycles. The minimum atomic E-state index is -1.06. The highest BCUT2D eigenvalue weighted by molar-refractivity contribution is 7.98. The lowest BCUT2D eigenvalue weighted by atomic mass is 10.0. The summed E-state index contributed by atoms with van der Waals surface area (Å²) in [5.41, 5.74) is 7.46. The van der Waals surface area contributed by atoms with Gasteiger partial charge < -0.3 is 30.7 Å². The van der Waals surface area contributed by atoms with Gasteiger partial charge in [-0.1, -0.05) is 18.2 Å². The second-order valence-electron chi connectivity index (χ2n) is 9.89. The molecular formula is C29H30FN5O5S2. The van der Waals surface area contributed by atoms with Crippen molar-refractivity contribution in [2.45, 2.75) is 29.7 Å². The van der Waals surface area contributed by atoms with Crippen LogP contribution in [0.2, 0.25) is 0 Å². The molecule has 2 aliphatic rings. The van der Waals surface area contributed by atoms with Crippen LogP contribution in [-0.4, -0.2) is 72.8 Å². The predicted octanol–water partition coefficient (Wildman–Crippen LogP) is 2.95. The number of thioether (sulfide) groups is 1. The number of carbonyl (C=O) groups is 3. The lowest BCUT2D eigenvalue weighted by Gasteiger charge is -2.24. The first-order valence-electron chi connectivity index (χ1n) is 13.2. The van der Waals surface area contributed by atoms with Crippen molar-refractivity contribution in [3.05, 3.63) is 75.7 Å². The van der Waals surface area contributed by atoms with Gasteiger partial charge in [-0.15, -0.1) is 23.1 Å². The average Bonchev–Trinajstić information content (AvgIpc) is 3.75. The van der Waals surface area contributed by atoms with Crippen molar-refractivity contribution in [2.75, 3.05) is 32.6 Å². The Kier molecular flexibility index (Phi) is 8.92. The van der Waals surface area contributed by atoms with E-state index in [0.29, 0.717) is 35.5 Å². The van der Waals surface area contributed by atoms with Crippen LogP contribution < -0.4 is 16.4 Å². The first-order chi connectivity index (χ1) is 20.2. The maximum Gasteiger partial charge on any atom is 0.251 e. The van der Waals surface area contributed by atoms with E-state index < -0.39 is 23.6 Å². The quantitative estimate of drug-likeness (QED) is 0.165. The number of hydrogen-bond donors (Lipinski definition) is 4. The molecule has 3 heterocycles. The second kappa shape index (κ2) is 12.6. The van der Waals surface area contributed by atoms with Gasteiger partial charge in [0.1, 0.15) is 17.7 Å². The van der Waals surface area contributed by atoms with Crippen LogP contribution in [0, 0.1) is 11.2 Å². The third-order valence-corrected chi connectivity index (χ3v) is 8.83. The van der Waals surface area contributed by atoms with Crippen molar-refractivity contribution in [2.24, 2.45) is 5.73 Å². The smallest absolute Gasteiger partial charge is 0.251 e. The summed E-state index contributed by atoms with van der Waals surface area (Å²) in [7, 11) is 0. The van der Waals surface area contributed by atoms with Gasteiger partial charge in [-0.3, -0.25) is 19.8 Å². The van der Waals surface area contributed by atoms with E-state index in [4.69, 9.17) is 20.6 Å². The molecule has 0 aliphatic carbocycles. The van der Waals surface area contributed by atoms with Crippen molar-refractivity contribution >= 4 is 46.7 Å². The summed E-state index contributed by atoms with van der Waals surface area (Å²) >= 11 is 2.82. The molecule has 2 fully saturated rings. The van der Waals surface area contributed by atoms with E-state index in [1.165, 1.54) is 34.1 Å². The number of amidine groups is 1. The van der Waals surface area contributed by atoms with Crippen molar-refractivity contribution in [1.82, 2.24) is 15.5 Å². The Labute approximate surface area is 250 Å². The second-order valence-corrected chi connectivity index (χ2v) is 11.8. The molecule has 10 nitrogen and oxygen atoms in total. The van der Waals surface area contributed by atoms with Gasteiger partial charge in [0.2, 0.25) is 11.8 Å². The predicted molar refractivity (Wildman–Crippen MR) is 158 cm³/mol. The van der Waals surface area contributed by atoms with E-state index in [9.17, 15) is 18.8 Å². The summed E-state index contributed by atoms with van der Waals surface area (Å²) in [6, 6.07) is 12.3. The molecule has 1 aromatic heterocycles. The Hall–Kier alpha value is -3.78. The Balaban J connectivity index is 1.21. The van der Waals surface area contributed by atoms with E-state index in [2.05, 4.69) is 10.6 Å². The number of likely N-dealkylation sites (tertiary alicyclic amines) is 1. The van der Waals surface area contributed by atoms with Gasteiger partial charge in [-0.25, -0.2) is 4.39 Å². The molecular weight excluding hydrogens is 581 g/mol. The van der Waals surface area contributed by atoms with Crippen LogP contribution in [0.25, 0.3) is 11.1 Å². The molecule has 220 valence electrons. The monoisotopic (exact) mass is 611 g/mol. The number of rotatable bonds is 9. The molecule has 0 bridgehead atoms. The van der Waals surface area contributed by atoms with Crippen molar-refractivity contribution < 1.29 is 28.2 Å². The highest BCUT2D eigenvalue weighted by atomic mass is 32.2. The van der Waals surface area contributed by atoms with Crippen molar-refractivity contribution in [3.63, 3.8) is 0 Å². The molecule has 1 spiro atoms. The molecule has 2 aromatic carbocycles. The number of halogens is 1. The van der Waals surface area contributed by atoms with Crippen molar-refractivity contribution in [1.29, 1.82) is 5.41 Å². The minimum absolute atomic E-state index is 0.0540. The van der Waals surface area contributed by atoms with Gasteiger partial charge in [-0.05, 0) is 42.2 Å². The zero-order valence-corrected chi connectivity index (χ0v) is 24.4. The summed E-state index contributed by atoms with van der Waals surface area (Å²) in [4.78, 5) is 42.3. The third kappa shape index (κ3) is 6.49. The fraction of sp³-hybridized carbons (Fsp3) is 0.310. The number of nitrogens with zero attached hydrogens (tertiary/aromatic N) is 1. The molecule has 42 heavy (non-hydrogen) atoms. The third-order valence-electron chi connectivity index (χ3n) is 7.16. The molecule has 5 rings (SSSR count). The largest absolute Gasteiger partial charge is 0.384 e. The van der Waals surface area contributed by atoms with Crippen LogP contribution in [0.15, 0.2) is 58.8 Å². The zero-order valence-electron chi connectivity index (χ0n) is 22.8. The van der Waals surface area contributed by atoms with Crippen LogP contribution >= 0.6 is 23.1 Å². The summed E-state index contributed by atoms with van der Waals surface area (Å²) in [6.07, 6.45) is 2.04. The highest BCUT2D eigenvalue weighted by Gasteiger charge is 2.52. The Bertz CT molecular complexity index is 1510. The Morgan fingerprint density at radius 3 is 2.50 bits per heavy atom. The topological polar surface area (TPSA) is 147 Å². The fourth-order valence-electron chi connectivity index (χ4n) is 4.97. The number of nitrogens with two attached hydrogens (primary N) is 1.